The number of benzene rings is 1. The molecule has 0 bridgehead atoms. The Kier molecular flexibility index (Phi) is 5.80. The van der Waals surface area contributed by atoms with E-state index in [0.717, 1.165) is 28.2 Å². The molecule has 1 fully saturated rings. The topological polar surface area (TPSA) is 49.8 Å². The van der Waals surface area contributed by atoms with E-state index in [2.05, 4.69) is 32.7 Å². The van der Waals surface area contributed by atoms with E-state index in [4.69, 9.17) is 0 Å². The minimum atomic E-state index is -0.221. The van der Waals surface area contributed by atoms with Crippen LogP contribution in [-0.4, -0.2) is 16.0 Å². The van der Waals surface area contributed by atoms with E-state index in [1.165, 1.54) is 44.2 Å². The van der Waals surface area contributed by atoms with E-state index in [1.807, 2.05) is 24.5 Å². The molecule has 4 rings (SSSR count). The minimum absolute atomic E-state index is 0.221. The molecule has 0 atom stereocenters. The molecule has 0 spiro atoms. The lowest BCUT2D eigenvalue weighted by Gasteiger charge is -2.23. The zero-order chi connectivity index (χ0) is 19.2. The molecule has 1 aromatic carbocycles. The molecule has 28 heavy (non-hydrogen) atoms. The zero-order valence-corrected chi connectivity index (χ0v) is 15.9. The Hall–Kier alpha value is -2.95. The van der Waals surface area contributed by atoms with Crippen LogP contribution in [0, 0.1) is 5.82 Å². The molecule has 2 heterocycles. The fourth-order valence-corrected chi connectivity index (χ4v) is 3.69. The summed E-state index contributed by atoms with van der Waals surface area (Å²) in [7, 11) is 0. The van der Waals surface area contributed by atoms with Gasteiger partial charge in [0.05, 0.1) is 5.69 Å². The van der Waals surface area contributed by atoms with Gasteiger partial charge in [-0.25, -0.2) is 9.37 Å². The van der Waals surface area contributed by atoms with Crippen LogP contribution in [0.3, 0.4) is 0 Å². The first-order valence-corrected chi connectivity index (χ1v) is 9.92. The summed E-state index contributed by atoms with van der Waals surface area (Å²) in [5.41, 5.74) is 3.90. The lowest BCUT2D eigenvalue weighted by molar-refractivity contribution is 0.462. The normalized spacial score (nSPS) is 14.6. The fourth-order valence-electron chi connectivity index (χ4n) is 3.69. The summed E-state index contributed by atoms with van der Waals surface area (Å²) < 4.78 is 13.3. The molecule has 0 amide bonds. The van der Waals surface area contributed by atoms with Crippen LogP contribution in [-0.2, 0) is 6.54 Å². The van der Waals surface area contributed by atoms with Crippen LogP contribution in [0.2, 0.25) is 0 Å². The van der Waals surface area contributed by atoms with E-state index in [0.29, 0.717) is 12.6 Å². The second-order valence-corrected chi connectivity index (χ2v) is 7.35. The largest absolute Gasteiger partial charge is 0.380 e. The van der Waals surface area contributed by atoms with E-state index < -0.39 is 0 Å². The van der Waals surface area contributed by atoms with Gasteiger partial charge in [-0.15, -0.1) is 0 Å². The quantitative estimate of drug-likeness (QED) is 0.584. The summed E-state index contributed by atoms with van der Waals surface area (Å²) >= 11 is 0. The molecule has 0 aliphatic heterocycles. The third-order valence-corrected chi connectivity index (χ3v) is 5.17. The first-order valence-electron chi connectivity index (χ1n) is 9.92. The van der Waals surface area contributed by atoms with Crippen LogP contribution in [0.4, 0.5) is 15.9 Å². The SMILES string of the molecule is Fc1cccc(CNc2cncc(-c3ccnc(NC4CCCCC4)c3)c2)c1. The number of hydrogen-bond donors (Lipinski definition) is 2. The highest BCUT2D eigenvalue weighted by molar-refractivity contribution is 5.69. The van der Waals surface area contributed by atoms with Gasteiger partial charge in [-0.2, -0.15) is 0 Å². The van der Waals surface area contributed by atoms with Crippen molar-refractivity contribution in [3.8, 4) is 11.1 Å². The van der Waals surface area contributed by atoms with Gasteiger partial charge in [0.25, 0.3) is 0 Å². The minimum Gasteiger partial charge on any atom is -0.380 e. The van der Waals surface area contributed by atoms with Gasteiger partial charge in [0.2, 0.25) is 0 Å². The predicted molar refractivity (Wildman–Crippen MR) is 112 cm³/mol. The number of aromatic nitrogens is 2. The van der Waals surface area contributed by atoms with Crippen LogP contribution >= 0.6 is 0 Å². The number of nitrogens with zero attached hydrogens (tertiary/aromatic N) is 2. The molecule has 2 aromatic heterocycles. The summed E-state index contributed by atoms with van der Waals surface area (Å²) in [5, 5.41) is 6.89. The van der Waals surface area contributed by atoms with Crippen molar-refractivity contribution in [3.05, 3.63) is 72.4 Å². The van der Waals surface area contributed by atoms with Gasteiger partial charge in [-0.3, -0.25) is 4.98 Å². The number of hydrogen-bond acceptors (Lipinski definition) is 4. The van der Waals surface area contributed by atoms with Gasteiger partial charge >= 0.3 is 0 Å². The van der Waals surface area contributed by atoms with Crippen molar-refractivity contribution in [2.24, 2.45) is 0 Å². The average Bonchev–Trinajstić information content (AvgIpc) is 2.74. The first kappa shape index (κ1) is 18.4. The Balaban J connectivity index is 1.45. The predicted octanol–water partition coefficient (Wildman–Crippen LogP) is 5.64. The number of rotatable bonds is 6. The van der Waals surface area contributed by atoms with Crippen LogP contribution in [0.5, 0.6) is 0 Å². The standard InChI is InChI=1S/C23H25FN4/c24-20-6-4-5-17(11-20)14-27-22-12-19(15-25-16-22)18-9-10-26-23(13-18)28-21-7-2-1-3-8-21/h4-6,9-13,15-16,21,27H,1-3,7-8,14H2,(H,26,28). The molecular formula is C23H25FN4. The number of nitrogens with one attached hydrogen (secondary N) is 2. The van der Waals surface area contributed by atoms with Crippen LogP contribution in [0.1, 0.15) is 37.7 Å². The van der Waals surface area contributed by atoms with Crippen molar-refractivity contribution in [2.45, 2.75) is 44.7 Å². The maximum Gasteiger partial charge on any atom is 0.126 e. The van der Waals surface area contributed by atoms with E-state index in [1.54, 1.807) is 12.3 Å². The lowest BCUT2D eigenvalue weighted by atomic mass is 9.95. The highest BCUT2D eigenvalue weighted by Crippen LogP contribution is 2.25. The van der Waals surface area contributed by atoms with Gasteiger partial charge in [0.15, 0.2) is 0 Å². The van der Waals surface area contributed by atoms with Gasteiger partial charge in [-0.05, 0) is 54.3 Å². The van der Waals surface area contributed by atoms with Crippen molar-refractivity contribution in [2.75, 3.05) is 10.6 Å². The molecule has 0 radical (unpaired) electrons. The third-order valence-electron chi connectivity index (χ3n) is 5.17. The third kappa shape index (κ3) is 4.85. The molecule has 1 saturated carbocycles. The van der Waals surface area contributed by atoms with Crippen molar-refractivity contribution in [1.29, 1.82) is 0 Å². The average molecular weight is 376 g/mol. The molecule has 4 nitrogen and oxygen atoms in total. The summed E-state index contributed by atoms with van der Waals surface area (Å²) in [6.07, 6.45) is 11.8. The second-order valence-electron chi connectivity index (χ2n) is 7.35. The monoisotopic (exact) mass is 376 g/mol. The molecule has 1 aliphatic rings. The van der Waals surface area contributed by atoms with E-state index in [-0.39, 0.29) is 5.82 Å². The molecule has 1 aliphatic carbocycles. The summed E-state index contributed by atoms with van der Waals surface area (Å²) in [6.45, 7) is 0.549. The first-order chi connectivity index (χ1) is 13.8. The molecule has 0 unspecified atom stereocenters. The number of anilines is 2. The summed E-state index contributed by atoms with van der Waals surface area (Å²) in [4.78, 5) is 8.84. The molecule has 2 N–H and O–H groups in total. The Morgan fingerprint density at radius 2 is 1.86 bits per heavy atom. The van der Waals surface area contributed by atoms with Gasteiger partial charge in [0.1, 0.15) is 11.6 Å². The van der Waals surface area contributed by atoms with E-state index in [9.17, 15) is 4.39 Å². The van der Waals surface area contributed by atoms with E-state index >= 15 is 0 Å². The Morgan fingerprint density at radius 1 is 0.964 bits per heavy atom. The maximum absolute atomic E-state index is 13.3. The lowest BCUT2D eigenvalue weighted by Crippen LogP contribution is -2.22. The van der Waals surface area contributed by atoms with Crippen molar-refractivity contribution < 1.29 is 4.39 Å². The summed E-state index contributed by atoms with van der Waals surface area (Å²) in [6, 6.07) is 13.3. The number of halogens is 1. The van der Waals surface area contributed by atoms with Gasteiger partial charge in [0, 0.05) is 36.7 Å². The Labute approximate surface area is 165 Å². The molecule has 0 saturated heterocycles. The molecule has 5 heteroatoms. The smallest absolute Gasteiger partial charge is 0.126 e. The van der Waals surface area contributed by atoms with Crippen LogP contribution in [0.25, 0.3) is 11.1 Å². The highest BCUT2D eigenvalue weighted by atomic mass is 19.1. The summed E-state index contributed by atoms with van der Waals surface area (Å²) in [5.74, 6) is 0.698. The van der Waals surface area contributed by atoms with Gasteiger partial charge in [-0.1, -0.05) is 31.4 Å². The molecule has 3 aromatic rings. The highest BCUT2D eigenvalue weighted by Gasteiger charge is 2.13. The molecule has 144 valence electrons. The van der Waals surface area contributed by atoms with Crippen LogP contribution in [0.15, 0.2) is 61.1 Å². The zero-order valence-electron chi connectivity index (χ0n) is 15.9. The van der Waals surface area contributed by atoms with Crippen molar-refractivity contribution in [3.63, 3.8) is 0 Å². The molecular weight excluding hydrogens is 351 g/mol. The Morgan fingerprint density at radius 3 is 2.71 bits per heavy atom. The van der Waals surface area contributed by atoms with Crippen molar-refractivity contribution >= 4 is 11.5 Å². The Bertz CT molecular complexity index is 922. The van der Waals surface area contributed by atoms with Crippen molar-refractivity contribution in [1.82, 2.24) is 9.97 Å². The maximum atomic E-state index is 13.3. The second kappa shape index (κ2) is 8.83. The van der Waals surface area contributed by atoms with Crippen LogP contribution < -0.4 is 10.6 Å². The van der Waals surface area contributed by atoms with Gasteiger partial charge < -0.3 is 10.6 Å². The fraction of sp³-hybridized carbons (Fsp3) is 0.304. The number of pyridine rings is 2.